The van der Waals surface area contributed by atoms with E-state index in [-0.39, 0.29) is 19.0 Å². The molecule has 1 N–H and O–H groups in total. The number of nitrogens with one attached hydrogen (secondary N) is 1. The predicted octanol–water partition coefficient (Wildman–Crippen LogP) is 1.89. The summed E-state index contributed by atoms with van der Waals surface area (Å²) in [6.45, 7) is 6.03. The van der Waals surface area contributed by atoms with Crippen LogP contribution in [0.15, 0.2) is 18.1 Å². The Bertz CT molecular complexity index is 661. The molecule has 1 aliphatic rings. The van der Waals surface area contributed by atoms with Crippen LogP contribution in [0.4, 0.5) is 9.18 Å². The molecule has 0 saturated heterocycles. The molecule has 2 amide bonds. The third-order valence-corrected chi connectivity index (χ3v) is 3.48. The van der Waals surface area contributed by atoms with Gasteiger partial charge in [-0.3, -0.25) is 9.48 Å². The van der Waals surface area contributed by atoms with Crippen molar-refractivity contribution in [3.8, 4) is 0 Å². The molecule has 0 saturated carbocycles. The molecule has 0 spiro atoms. The van der Waals surface area contributed by atoms with Gasteiger partial charge in [-0.15, -0.1) is 0 Å². The fourth-order valence-corrected chi connectivity index (χ4v) is 2.32. The van der Waals surface area contributed by atoms with Gasteiger partial charge >= 0.3 is 6.09 Å². The minimum atomic E-state index is -0.614. The molecule has 132 valence electrons. The predicted molar refractivity (Wildman–Crippen MR) is 86.3 cm³/mol. The summed E-state index contributed by atoms with van der Waals surface area (Å²) in [4.78, 5) is 25.3. The Kier molecular flexibility index (Phi) is 5.26. The first-order chi connectivity index (χ1) is 11.2. The number of halogens is 1. The second-order valence-corrected chi connectivity index (χ2v) is 6.79. The van der Waals surface area contributed by atoms with Gasteiger partial charge in [0.2, 0.25) is 0 Å². The van der Waals surface area contributed by atoms with E-state index in [1.54, 1.807) is 38.9 Å². The summed E-state index contributed by atoms with van der Waals surface area (Å²) in [5.41, 5.74) is 0.969. The molecule has 0 atom stereocenters. The fraction of sp³-hybridized carbons (Fsp3) is 0.562. The Morgan fingerprint density at radius 2 is 2.21 bits per heavy atom. The smallest absolute Gasteiger partial charge is 0.407 e. The lowest BCUT2D eigenvalue weighted by atomic mass is 10.1. The molecule has 0 aromatic carbocycles. The number of carbonyl (C=O) groups is 2. The molecule has 1 aromatic rings. The maximum atomic E-state index is 13.1. The summed E-state index contributed by atoms with van der Waals surface area (Å²) in [6.07, 6.45) is 2.12. The first-order valence-electron chi connectivity index (χ1n) is 7.76. The van der Waals surface area contributed by atoms with Gasteiger partial charge in [0.05, 0.1) is 24.1 Å². The summed E-state index contributed by atoms with van der Waals surface area (Å²) in [7, 11) is 1.74. The van der Waals surface area contributed by atoms with E-state index in [1.807, 2.05) is 0 Å². The van der Waals surface area contributed by atoms with E-state index < -0.39 is 11.7 Å². The molecular weight excluding hydrogens is 315 g/mol. The molecule has 8 heteroatoms. The number of likely N-dealkylation sites (N-methyl/N-ethyl adjacent to an activating group) is 1. The maximum absolute atomic E-state index is 13.1. The molecule has 0 bridgehead atoms. The Labute approximate surface area is 140 Å². The van der Waals surface area contributed by atoms with Gasteiger partial charge in [-0.2, -0.15) is 5.10 Å². The van der Waals surface area contributed by atoms with Crippen LogP contribution < -0.4 is 5.32 Å². The van der Waals surface area contributed by atoms with Crippen molar-refractivity contribution in [1.82, 2.24) is 20.0 Å². The highest BCUT2D eigenvalue weighted by Crippen LogP contribution is 2.17. The van der Waals surface area contributed by atoms with E-state index in [0.717, 1.165) is 5.69 Å². The van der Waals surface area contributed by atoms with Gasteiger partial charge < -0.3 is 15.0 Å². The van der Waals surface area contributed by atoms with E-state index in [1.165, 1.54) is 4.68 Å². The quantitative estimate of drug-likeness (QED) is 0.909. The SMILES string of the molecule is CN1CCc2nn(CC(=CF)CNC(=O)OC(C)(C)C)cc2C1=O. The van der Waals surface area contributed by atoms with Gasteiger partial charge in [0.15, 0.2) is 0 Å². The summed E-state index contributed by atoms with van der Waals surface area (Å²) < 4.78 is 19.7. The normalized spacial score (nSPS) is 15.3. The minimum absolute atomic E-state index is 0.00376. The van der Waals surface area contributed by atoms with Crippen molar-refractivity contribution in [2.75, 3.05) is 20.1 Å². The summed E-state index contributed by atoms with van der Waals surface area (Å²) in [6, 6.07) is 0. The first-order valence-corrected chi connectivity index (χ1v) is 7.76. The van der Waals surface area contributed by atoms with Gasteiger partial charge in [-0.25, -0.2) is 9.18 Å². The second kappa shape index (κ2) is 7.02. The third-order valence-electron chi connectivity index (χ3n) is 3.48. The summed E-state index contributed by atoms with van der Waals surface area (Å²) in [5.74, 6) is -0.0832. The van der Waals surface area contributed by atoms with Crippen molar-refractivity contribution in [3.05, 3.63) is 29.4 Å². The van der Waals surface area contributed by atoms with Gasteiger partial charge in [0, 0.05) is 32.8 Å². The minimum Gasteiger partial charge on any atom is -0.444 e. The fourth-order valence-electron chi connectivity index (χ4n) is 2.32. The van der Waals surface area contributed by atoms with Gasteiger partial charge in [0.25, 0.3) is 5.91 Å². The highest BCUT2D eigenvalue weighted by Gasteiger charge is 2.25. The van der Waals surface area contributed by atoms with Crippen molar-refractivity contribution >= 4 is 12.0 Å². The number of alkyl carbamates (subject to hydrolysis) is 1. The van der Waals surface area contributed by atoms with Crippen LogP contribution in [0.5, 0.6) is 0 Å². The number of hydrogen-bond donors (Lipinski definition) is 1. The Morgan fingerprint density at radius 3 is 2.83 bits per heavy atom. The Hall–Kier alpha value is -2.38. The summed E-state index contributed by atoms with van der Waals surface area (Å²) >= 11 is 0. The lowest BCUT2D eigenvalue weighted by molar-refractivity contribution is 0.0531. The number of amides is 2. The van der Waals surface area contributed by atoms with Crippen molar-refractivity contribution in [2.45, 2.75) is 39.3 Å². The van der Waals surface area contributed by atoms with Crippen LogP contribution >= 0.6 is 0 Å². The Morgan fingerprint density at radius 1 is 1.50 bits per heavy atom. The van der Waals surface area contributed by atoms with E-state index >= 15 is 0 Å². The van der Waals surface area contributed by atoms with E-state index in [2.05, 4.69) is 10.4 Å². The van der Waals surface area contributed by atoms with Crippen LogP contribution in [0, 0.1) is 0 Å². The van der Waals surface area contributed by atoms with Crippen molar-refractivity contribution < 1.29 is 18.7 Å². The highest BCUT2D eigenvalue weighted by molar-refractivity contribution is 5.95. The zero-order valence-electron chi connectivity index (χ0n) is 14.4. The standard InChI is InChI=1S/C16H23FN4O3/c1-16(2,3)24-15(23)18-8-11(7-17)9-21-10-12-13(19-21)5-6-20(4)14(12)22/h7,10H,5-6,8-9H2,1-4H3,(H,18,23). The Balaban J connectivity index is 1.96. The maximum Gasteiger partial charge on any atom is 0.407 e. The van der Waals surface area contributed by atoms with Crippen molar-refractivity contribution in [3.63, 3.8) is 0 Å². The van der Waals surface area contributed by atoms with Crippen LogP contribution in [0.25, 0.3) is 0 Å². The molecule has 0 radical (unpaired) electrons. The van der Waals surface area contributed by atoms with Crippen LogP contribution in [0.1, 0.15) is 36.8 Å². The molecule has 0 unspecified atom stereocenters. The molecule has 1 aliphatic heterocycles. The number of aromatic nitrogens is 2. The molecule has 1 aromatic heterocycles. The molecule has 24 heavy (non-hydrogen) atoms. The van der Waals surface area contributed by atoms with Gasteiger partial charge in [0.1, 0.15) is 5.60 Å². The van der Waals surface area contributed by atoms with Crippen LogP contribution in [0.3, 0.4) is 0 Å². The number of hydrogen-bond acceptors (Lipinski definition) is 4. The van der Waals surface area contributed by atoms with E-state index in [9.17, 15) is 14.0 Å². The van der Waals surface area contributed by atoms with Crippen LogP contribution in [-0.4, -0.2) is 52.4 Å². The largest absolute Gasteiger partial charge is 0.444 e. The van der Waals surface area contributed by atoms with Crippen molar-refractivity contribution in [1.29, 1.82) is 0 Å². The number of carbonyl (C=O) groups excluding carboxylic acids is 2. The van der Waals surface area contributed by atoms with E-state index in [4.69, 9.17) is 4.74 Å². The second-order valence-electron chi connectivity index (χ2n) is 6.79. The van der Waals surface area contributed by atoms with Gasteiger partial charge in [-0.1, -0.05) is 0 Å². The third kappa shape index (κ3) is 4.56. The highest BCUT2D eigenvalue weighted by atomic mass is 19.1. The average Bonchev–Trinajstić information content (AvgIpc) is 2.89. The number of fused-ring (bicyclic) bond motifs is 1. The zero-order valence-corrected chi connectivity index (χ0v) is 14.4. The van der Waals surface area contributed by atoms with Crippen LogP contribution in [-0.2, 0) is 17.7 Å². The molecular formula is C16H23FN4O3. The lowest BCUT2D eigenvalue weighted by Gasteiger charge is -2.20. The van der Waals surface area contributed by atoms with Crippen LogP contribution in [0.2, 0.25) is 0 Å². The number of ether oxygens (including phenoxy) is 1. The lowest BCUT2D eigenvalue weighted by Crippen LogP contribution is -2.34. The topological polar surface area (TPSA) is 76.5 Å². The number of nitrogens with zero attached hydrogens (tertiary/aromatic N) is 3. The molecule has 7 nitrogen and oxygen atoms in total. The number of rotatable bonds is 4. The molecule has 2 heterocycles. The molecule has 2 rings (SSSR count). The first kappa shape index (κ1) is 18.0. The van der Waals surface area contributed by atoms with Crippen molar-refractivity contribution in [2.24, 2.45) is 0 Å². The van der Waals surface area contributed by atoms with E-state index in [0.29, 0.717) is 30.4 Å². The monoisotopic (exact) mass is 338 g/mol. The zero-order chi connectivity index (χ0) is 17.9. The molecule has 0 aliphatic carbocycles. The average molecular weight is 338 g/mol. The summed E-state index contributed by atoms with van der Waals surface area (Å²) in [5, 5.41) is 6.83. The molecule has 0 fully saturated rings. The van der Waals surface area contributed by atoms with Gasteiger partial charge in [-0.05, 0) is 26.3 Å².